The van der Waals surface area contributed by atoms with Crippen LogP contribution in [-0.4, -0.2) is 22.7 Å². The number of carboxylic acids is 1. The van der Waals surface area contributed by atoms with E-state index in [2.05, 4.69) is 5.32 Å². The molecule has 0 spiro atoms. The van der Waals surface area contributed by atoms with Crippen LogP contribution in [0.25, 0.3) is 0 Å². The molecule has 1 aliphatic rings. The van der Waals surface area contributed by atoms with Crippen molar-refractivity contribution >= 4 is 23.6 Å². The van der Waals surface area contributed by atoms with E-state index in [1.807, 2.05) is 24.3 Å². The number of carbonyl (C=O) groups is 2. The Hall–Kier alpha value is -2.34. The van der Waals surface area contributed by atoms with Crippen molar-refractivity contribution in [2.75, 3.05) is 5.75 Å². The summed E-state index contributed by atoms with van der Waals surface area (Å²) in [6.45, 7) is 0. The standard InChI is InChI=1S/C18H16FNO3S/c19-12-7-5-11(6-8-12)15(9-17(21)22)20-18(23)14-10-24-16-4-2-1-3-13(14)16/h1-8,14-15H,9-10H2,(H,20,23)(H,21,22)/t14-,15+/m1/s1. The number of hydrogen-bond acceptors (Lipinski definition) is 3. The molecule has 0 saturated heterocycles. The molecule has 1 amide bonds. The van der Waals surface area contributed by atoms with Gasteiger partial charge in [-0.25, -0.2) is 4.39 Å². The SMILES string of the molecule is O=C(O)C[C@H](NC(=O)[C@@H]1CSc2ccccc21)c1ccc(F)cc1. The van der Waals surface area contributed by atoms with Gasteiger partial charge in [-0.1, -0.05) is 30.3 Å². The molecular formula is C18H16FNO3S. The third-order valence-electron chi connectivity index (χ3n) is 3.98. The lowest BCUT2D eigenvalue weighted by Crippen LogP contribution is -2.34. The van der Waals surface area contributed by atoms with Crippen molar-refractivity contribution in [3.63, 3.8) is 0 Å². The van der Waals surface area contributed by atoms with Gasteiger partial charge in [-0.05, 0) is 29.3 Å². The van der Waals surface area contributed by atoms with Crippen LogP contribution in [0.15, 0.2) is 53.4 Å². The quantitative estimate of drug-likeness (QED) is 0.872. The highest BCUT2D eigenvalue weighted by atomic mass is 32.2. The predicted molar refractivity (Wildman–Crippen MR) is 89.4 cm³/mol. The maximum absolute atomic E-state index is 13.1. The first-order valence-electron chi connectivity index (χ1n) is 7.54. The number of rotatable bonds is 5. The van der Waals surface area contributed by atoms with E-state index in [0.29, 0.717) is 11.3 Å². The third-order valence-corrected chi connectivity index (χ3v) is 5.17. The van der Waals surface area contributed by atoms with Crippen molar-refractivity contribution in [3.05, 3.63) is 65.5 Å². The zero-order valence-corrected chi connectivity index (χ0v) is 13.6. The number of fused-ring (bicyclic) bond motifs is 1. The Labute approximate surface area is 143 Å². The zero-order chi connectivity index (χ0) is 17.1. The molecule has 124 valence electrons. The van der Waals surface area contributed by atoms with E-state index in [-0.39, 0.29) is 18.2 Å². The lowest BCUT2D eigenvalue weighted by Gasteiger charge is -2.20. The summed E-state index contributed by atoms with van der Waals surface area (Å²) < 4.78 is 13.1. The Morgan fingerprint density at radius 2 is 1.92 bits per heavy atom. The van der Waals surface area contributed by atoms with Crippen molar-refractivity contribution in [1.29, 1.82) is 0 Å². The third kappa shape index (κ3) is 3.59. The van der Waals surface area contributed by atoms with Crippen LogP contribution in [0, 0.1) is 5.82 Å². The Morgan fingerprint density at radius 1 is 1.21 bits per heavy atom. The Balaban J connectivity index is 1.79. The topological polar surface area (TPSA) is 66.4 Å². The molecule has 0 fully saturated rings. The molecule has 2 aromatic carbocycles. The summed E-state index contributed by atoms with van der Waals surface area (Å²) >= 11 is 1.62. The van der Waals surface area contributed by atoms with Gasteiger partial charge in [0.15, 0.2) is 0 Å². The summed E-state index contributed by atoms with van der Waals surface area (Å²) in [6, 6.07) is 12.5. The van der Waals surface area contributed by atoms with E-state index in [4.69, 9.17) is 5.11 Å². The molecular weight excluding hydrogens is 329 g/mol. The molecule has 0 aliphatic carbocycles. The summed E-state index contributed by atoms with van der Waals surface area (Å²) in [5.74, 6) is -1.30. The van der Waals surface area contributed by atoms with Crippen LogP contribution in [0.4, 0.5) is 4.39 Å². The van der Waals surface area contributed by atoms with Gasteiger partial charge in [-0.3, -0.25) is 9.59 Å². The van der Waals surface area contributed by atoms with E-state index in [0.717, 1.165) is 10.5 Å². The van der Waals surface area contributed by atoms with Gasteiger partial charge in [0.25, 0.3) is 0 Å². The van der Waals surface area contributed by atoms with Crippen LogP contribution in [0.1, 0.15) is 29.5 Å². The minimum Gasteiger partial charge on any atom is -0.481 e. The summed E-state index contributed by atoms with van der Waals surface area (Å²) in [5, 5.41) is 11.9. The molecule has 24 heavy (non-hydrogen) atoms. The van der Waals surface area contributed by atoms with Crippen LogP contribution in [0.5, 0.6) is 0 Å². The molecule has 1 heterocycles. The molecule has 0 bridgehead atoms. The van der Waals surface area contributed by atoms with Crippen LogP contribution in [-0.2, 0) is 9.59 Å². The number of aliphatic carboxylic acids is 1. The maximum Gasteiger partial charge on any atom is 0.305 e. The van der Waals surface area contributed by atoms with E-state index in [1.54, 1.807) is 11.8 Å². The smallest absolute Gasteiger partial charge is 0.305 e. The average molecular weight is 345 g/mol. The molecule has 3 rings (SSSR count). The average Bonchev–Trinajstić information content (AvgIpc) is 2.98. The fourth-order valence-corrected chi connectivity index (χ4v) is 4.00. The largest absolute Gasteiger partial charge is 0.481 e. The van der Waals surface area contributed by atoms with Gasteiger partial charge >= 0.3 is 5.97 Å². The Morgan fingerprint density at radius 3 is 2.62 bits per heavy atom. The van der Waals surface area contributed by atoms with Gasteiger partial charge in [0, 0.05) is 10.6 Å². The van der Waals surface area contributed by atoms with Crippen molar-refractivity contribution < 1.29 is 19.1 Å². The van der Waals surface area contributed by atoms with Crippen LogP contribution < -0.4 is 5.32 Å². The van der Waals surface area contributed by atoms with Crippen molar-refractivity contribution in [2.24, 2.45) is 0 Å². The molecule has 1 aliphatic heterocycles. The summed E-state index contributed by atoms with van der Waals surface area (Å²) in [4.78, 5) is 24.8. The number of benzene rings is 2. The highest BCUT2D eigenvalue weighted by Gasteiger charge is 2.30. The first kappa shape index (κ1) is 16.5. The second-order valence-corrected chi connectivity index (χ2v) is 6.67. The molecule has 0 aromatic heterocycles. The van der Waals surface area contributed by atoms with Crippen LogP contribution >= 0.6 is 11.8 Å². The number of amides is 1. The van der Waals surface area contributed by atoms with Gasteiger partial charge in [0.05, 0.1) is 18.4 Å². The normalized spacial score (nSPS) is 17.1. The zero-order valence-electron chi connectivity index (χ0n) is 12.7. The van der Waals surface area contributed by atoms with Gasteiger partial charge in [-0.2, -0.15) is 0 Å². The van der Waals surface area contributed by atoms with Crippen molar-refractivity contribution in [3.8, 4) is 0 Å². The molecule has 2 N–H and O–H groups in total. The van der Waals surface area contributed by atoms with Crippen molar-refractivity contribution in [1.82, 2.24) is 5.32 Å². The molecule has 0 unspecified atom stereocenters. The van der Waals surface area contributed by atoms with E-state index >= 15 is 0 Å². The number of carbonyl (C=O) groups excluding carboxylic acids is 1. The second-order valence-electron chi connectivity index (χ2n) is 5.61. The first-order chi connectivity index (χ1) is 11.5. The molecule has 2 atom stereocenters. The summed E-state index contributed by atoms with van der Waals surface area (Å²) in [5.41, 5.74) is 1.54. The lowest BCUT2D eigenvalue weighted by molar-refractivity contribution is -0.137. The Bertz CT molecular complexity index is 763. The number of halogens is 1. The number of hydrogen-bond donors (Lipinski definition) is 2. The lowest BCUT2D eigenvalue weighted by atomic mass is 9.98. The van der Waals surface area contributed by atoms with E-state index in [9.17, 15) is 14.0 Å². The minimum absolute atomic E-state index is 0.206. The number of carboxylic acid groups (broad SMARTS) is 1. The first-order valence-corrected chi connectivity index (χ1v) is 8.52. The molecule has 4 nitrogen and oxygen atoms in total. The van der Waals surface area contributed by atoms with Gasteiger partial charge in [0.1, 0.15) is 5.82 Å². The number of nitrogens with one attached hydrogen (secondary N) is 1. The molecule has 0 saturated carbocycles. The molecule has 2 aromatic rings. The highest BCUT2D eigenvalue weighted by molar-refractivity contribution is 7.99. The van der Waals surface area contributed by atoms with E-state index in [1.165, 1.54) is 24.3 Å². The van der Waals surface area contributed by atoms with E-state index < -0.39 is 17.8 Å². The fourth-order valence-electron chi connectivity index (χ4n) is 2.77. The van der Waals surface area contributed by atoms with Gasteiger partial charge < -0.3 is 10.4 Å². The fraction of sp³-hybridized carbons (Fsp3) is 0.222. The molecule has 0 radical (unpaired) electrons. The predicted octanol–water partition coefficient (Wildman–Crippen LogP) is 3.35. The van der Waals surface area contributed by atoms with Crippen LogP contribution in [0.3, 0.4) is 0 Å². The van der Waals surface area contributed by atoms with Crippen LogP contribution in [0.2, 0.25) is 0 Å². The van der Waals surface area contributed by atoms with Crippen molar-refractivity contribution in [2.45, 2.75) is 23.3 Å². The number of thioether (sulfide) groups is 1. The Kier molecular flexibility index (Phi) is 4.85. The van der Waals surface area contributed by atoms with Gasteiger partial charge in [0.2, 0.25) is 5.91 Å². The maximum atomic E-state index is 13.1. The summed E-state index contributed by atoms with van der Waals surface area (Å²) in [7, 11) is 0. The summed E-state index contributed by atoms with van der Waals surface area (Å²) in [6.07, 6.45) is -0.251. The van der Waals surface area contributed by atoms with Gasteiger partial charge in [-0.15, -0.1) is 11.8 Å². The minimum atomic E-state index is -1.02. The second kappa shape index (κ2) is 7.05. The monoisotopic (exact) mass is 345 g/mol. The highest BCUT2D eigenvalue weighted by Crippen LogP contribution is 2.39. The molecule has 6 heteroatoms.